The summed E-state index contributed by atoms with van der Waals surface area (Å²) < 4.78 is 14.3. The van der Waals surface area contributed by atoms with E-state index in [1.807, 2.05) is 0 Å². The largest absolute Gasteiger partial charge is 0.465 e. The van der Waals surface area contributed by atoms with E-state index in [4.69, 9.17) is 5.53 Å². The number of amides is 1. The highest BCUT2D eigenvalue weighted by Gasteiger charge is 2.46. The van der Waals surface area contributed by atoms with Crippen LogP contribution < -0.4 is 0 Å². The zero-order chi connectivity index (χ0) is 16.5. The van der Waals surface area contributed by atoms with Crippen LogP contribution in [0, 0.1) is 5.82 Å². The summed E-state index contributed by atoms with van der Waals surface area (Å²) in [6.07, 6.45) is -1.49. The Morgan fingerprint density at radius 3 is 2.86 bits per heavy atom. The first-order valence-corrected chi connectivity index (χ1v) is 6.83. The van der Waals surface area contributed by atoms with Crippen LogP contribution in [-0.4, -0.2) is 32.8 Å². The van der Waals surface area contributed by atoms with Gasteiger partial charge >= 0.3 is 6.09 Å². The molecule has 1 aliphatic heterocycles. The SMILES string of the molecule is CC1(C)CC[C@H]([C@H](O)c2cccc(N=[N+]=[N-])c2F)N1C(=O)O. The van der Waals surface area contributed by atoms with Crippen LogP contribution in [0.4, 0.5) is 14.9 Å². The van der Waals surface area contributed by atoms with Crippen molar-refractivity contribution in [2.45, 2.75) is 44.4 Å². The molecule has 1 fully saturated rings. The van der Waals surface area contributed by atoms with Crippen LogP contribution in [0.15, 0.2) is 23.3 Å². The van der Waals surface area contributed by atoms with Crippen LogP contribution >= 0.6 is 0 Å². The molecule has 0 unspecified atom stereocenters. The molecule has 1 aromatic carbocycles. The first-order valence-electron chi connectivity index (χ1n) is 6.83. The maximum Gasteiger partial charge on any atom is 0.408 e. The molecule has 1 saturated heterocycles. The van der Waals surface area contributed by atoms with Crippen molar-refractivity contribution >= 4 is 11.8 Å². The summed E-state index contributed by atoms with van der Waals surface area (Å²) in [5.41, 5.74) is 7.49. The molecule has 1 amide bonds. The van der Waals surface area contributed by atoms with Gasteiger partial charge in [0, 0.05) is 16.0 Å². The lowest BCUT2D eigenvalue weighted by Crippen LogP contribution is -2.48. The number of likely N-dealkylation sites (tertiary alicyclic amines) is 1. The average molecular weight is 308 g/mol. The molecule has 1 heterocycles. The molecule has 0 spiro atoms. The zero-order valence-corrected chi connectivity index (χ0v) is 12.3. The van der Waals surface area contributed by atoms with Gasteiger partial charge in [0.25, 0.3) is 0 Å². The summed E-state index contributed by atoms with van der Waals surface area (Å²) in [5, 5.41) is 23.1. The van der Waals surface area contributed by atoms with Gasteiger partial charge in [0.1, 0.15) is 11.9 Å². The third kappa shape index (κ3) is 2.70. The van der Waals surface area contributed by atoms with Crippen LogP contribution in [0.5, 0.6) is 0 Å². The molecule has 2 atom stereocenters. The first-order chi connectivity index (χ1) is 10.3. The second kappa shape index (κ2) is 5.82. The predicted molar refractivity (Wildman–Crippen MR) is 77.1 cm³/mol. The molecule has 0 aliphatic carbocycles. The topological polar surface area (TPSA) is 110 Å². The van der Waals surface area contributed by atoms with E-state index in [2.05, 4.69) is 10.0 Å². The molecule has 0 radical (unpaired) electrons. The number of carbonyl (C=O) groups is 1. The fourth-order valence-corrected chi connectivity index (χ4v) is 3.00. The Labute approximate surface area is 126 Å². The fraction of sp³-hybridized carbons (Fsp3) is 0.500. The van der Waals surface area contributed by atoms with E-state index < -0.39 is 29.6 Å². The average Bonchev–Trinajstić information content (AvgIpc) is 2.76. The van der Waals surface area contributed by atoms with E-state index in [9.17, 15) is 19.4 Å². The zero-order valence-electron chi connectivity index (χ0n) is 12.3. The molecule has 22 heavy (non-hydrogen) atoms. The van der Waals surface area contributed by atoms with E-state index in [1.165, 1.54) is 18.2 Å². The van der Waals surface area contributed by atoms with E-state index >= 15 is 0 Å². The van der Waals surface area contributed by atoms with Crippen molar-refractivity contribution in [2.24, 2.45) is 5.11 Å². The first kappa shape index (κ1) is 16.1. The Hall–Kier alpha value is -2.31. The van der Waals surface area contributed by atoms with Gasteiger partial charge in [0.2, 0.25) is 0 Å². The minimum Gasteiger partial charge on any atom is -0.465 e. The smallest absolute Gasteiger partial charge is 0.408 e. The summed E-state index contributed by atoms with van der Waals surface area (Å²) in [6.45, 7) is 3.53. The summed E-state index contributed by atoms with van der Waals surface area (Å²) >= 11 is 0. The van der Waals surface area contributed by atoms with Crippen molar-refractivity contribution in [3.63, 3.8) is 0 Å². The summed E-state index contributed by atoms with van der Waals surface area (Å²) in [6, 6.07) is 3.36. The van der Waals surface area contributed by atoms with Crippen molar-refractivity contribution in [1.82, 2.24) is 4.90 Å². The summed E-state index contributed by atoms with van der Waals surface area (Å²) in [7, 11) is 0. The van der Waals surface area contributed by atoms with Gasteiger partial charge in [0.15, 0.2) is 0 Å². The van der Waals surface area contributed by atoms with Crippen LogP contribution in [0.25, 0.3) is 10.4 Å². The lowest BCUT2D eigenvalue weighted by Gasteiger charge is -2.35. The monoisotopic (exact) mass is 308 g/mol. The highest BCUT2D eigenvalue weighted by atomic mass is 19.1. The number of halogens is 1. The molecule has 2 rings (SSSR count). The minimum atomic E-state index is -1.33. The van der Waals surface area contributed by atoms with E-state index in [1.54, 1.807) is 13.8 Å². The van der Waals surface area contributed by atoms with Crippen molar-refractivity contribution < 1.29 is 19.4 Å². The number of aliphatic hydroxyl groups excluding tert-OH is 1. The second-order valence-corrected chi connectivity index (χ2v) is 5.89. The highest BCUT2D eigenvalue weighted by molar-refractivity contribution is 5.67. The molecular formula is C14H17FN4O3. The maximum atomic E-state index is 14.3. The number of hydrogen-bond acceptors (Lipinski definition) is 3. The number of rotatable bonds is 3. The molecular weight excluding hydrogens is 291 g/mol. The van der Waals surface area contributed by atoms with Gasteiger partial charge in [-0.1, -0.05) is 17.2 Å². The molecule has 1 aliphatic rings. The minimum absolute atomic E-state index is 0.0705. The number of hydrogen-bond donors (Lipinski definition) is 2. The van der Waals surface area contributed by atoms with Crippen LogP contribution in [0.1, 0.15) is 38.4 Å². The number of aliphatic hydroxyl groups is 1. The Balaban J connectivity index is 2.40. The van der Waals surface area contributed by atoms with Gasteiger partial charge in [-0.15, -0.1) is 0 Å². The van der Waals surface area contributed by atoms with Crippen LogP contribution in [-0.2, 0) is 0 Å². The third-order valence-corrected chi connectivity index (χ3v) is 4.09. The Bertz CT molecular complexity index is 643. The van der Waals surface area contributed by atoms with Gasteiger partial charge in [0.05, 0.1) is 11.7 Å². The summed E-state index contributed by atoms with van der Waals surface area (Å²) in [5.74, 6) is -0.831. The summed E-state index contributed by atoms with van der Waals surface area (Å²) in [4.78, 5) is 15.2. The number of nitrogens with zero attached hydrogens (tertiary/aromatic N) is 4. The normalized spacial score (nSPS) is 21.3. The van der Waals surface area contributed by atoms with Crippen molar-refractivity contribution in [3.8, 4) is 0 Å². The lowest BCUT2D eigenvalue weighted by atomic mass is 9.99. The highest BCUT2D eigenvalue weighted by Crippen LogP contribution is 2.40. The predicted octanol–water partition coefficient (Wildman–Crippen LogP) is 3.72. The van der Waals surface area contributed by atoms with E-state index in [-0.39, 0.29) is 11.3 Å². The van der Waals surface area contributed by atoms with Crippen LogP contribution in [0.2, 0.25) is 0 Å². The Kier molecular flexibility index (Phi) is 4.25. The van der Waals surface area contributed by atoms with Crippen molar-refractivity contribution in [2.75, 3.05) is 0 Å². The van der Waals surface area contributed by atoms with Gasteiger partial charge in [-0.3, -0.25) is 4.90 Å². The molecule has 0 saturated carbocycles. The number of azide groups is 1. The third-order valence-electron chi connectivity index (χ3n) is 4.09. The standard InChI is InChI=1S/C14H17FN4O3/c1-14(2)7-6-10(19(14)13(21)22)12(20)8-4-3-5-9(11(8)15)17-18-16/h3-5,10,12,20H,6-7H2,1-2H3,(H,21,22)/t10-,12-/m1/s1. The van der Waals surface area contributed by atoms with E-state index in [0.29, 0.717) is 12.8 Å². The molecule has 0 bridgehead atoms. The quantitative estimate of drug-likeness (QED) is 0.504. The maximum absolute atomic E-state index is 14.3. The van der Waals surface area contributed by atoms with E-state index in [0.717, 1.165) is 4.90 Å². The lowest BCUT2D eigenvalue weighted by molar-refractivity contribution is 0.0347. The second-order valence-electron chi connectivity index (χ2n) is 5.89. The number of benzene rings is 1. The van der Waals surface area contributed by atoms with Crippen molar-refractivity contribution in [3.05, 3.63) is 40.0 Å². The molecule has 7 nitrogen and oxygen atoms in total. The number of carboxylic acid groups (broad SMARTS) is 1. The molecule has 8 heteroatoms. The fourth-order valence-electron chi connectivity index (χ4n) is 3.00. The molecule has 0 aromatic heterocycles. The molecule has 1 aromatic rings. The van der Waals surface area contributed by atoms with Gasteiger partial charge in [-0.2, -0.15) is 0 Å². The Morgan fingerprint density at radius 2 is 2.27 bits per heavy atom. The van der Waals surface area contributed by atoms with Gasteiger partial charge in [-0.05, 0) is 38.3 Å². The van der Waals surface area contributed by atoms with Crippen LogP contribution in [0.3, 0.4) is 0 Å². The van der Waals surface area contributed by atoms with Crippen molar-refractivity contribution in [1.29, 1.82) is 0 Å². The molecule has 2 N–H and O–H groups in total. The van der Waals surface area contributed by atoms with Gasteiger partial charge in [-0.25, -0.2) is 9.18 Å². The molecule has 118 valence electrons. The van der Waals surface area contributed by atoms with Gasteiger partial charge < -0.3 is 10.2 Å². The Morgan fingerprint density at radius 1 is 1.59 bits per heavy atom.